The Morgan fingerprint density at radius 2 is 2.14 bits per heavy atom. The van der Waals surface area contributed by atoms with Crippen molar-refractivity contribution in [2.75, 3.05) is 11.9 Å². The molecule has 1 N–H and O–H groups in total. The number of amides is 1. The van der Waals surface area contributed by atoms with E-state index in [1.807, 2.05) is 6.92 Å². The molecule has 0 atom stereocenters. The molecule has 0 aliphatic rings. The monoisotopic (exact) mass is 306 g/mol. The lowest BCUT2D eigenvalue weighted by Crippen LogP contribution is -2.16. The fourth-order valence-corrected chi connectivity index (χ4v) is 2.91. The van der Waals surface area contributed by atoms with Gasteiger partial charge in [0.15, 0.2) is 0 Å². The van der Waals surface area contributed by atoms with Crippen molar-refractivity contribution in [3.05, 3.63) is 40.5 Å². The highest BCUT2D eigenvalue weighted by molar-refractivity contribution is 7.16. The van der Waals surface area contributed by atoms with Crippen LogP contribution in [0, 0.1) is 0 Å². The van der Waals surface area contributed by atoms with Crippen molar-refractivity contribution in [1.29, 1.82) is 0 Å². The molecule has 2 heterocycles. The van der Waals surface area contributed by atoms with E-state index >= 15 is 0 Å². The molecule has 1 amide bonds. The van der Waals surface area contributed by atoms with E-state index < -0.39 is 5.97 Å². The second-order valence-corrected chi connectivity index (χ2v) is 5.62. The molecule has 0 aliphatic carbocycles. The van der Waals surface area contributed by atoms with Gasteiger partial charge in [0.25, 0.3) is 5.91 Å². The molecule has 112 valence electrons. The van der Waals surface area contributed by atoms with Gasteiger partial charge in [-0.05, 0) is 31.5 Å². The van der Waals surface area contributed by atoms with E-state index in [2.05, 4.69) is 5.32 Å². The fraction of sp³-hybridized carbons (Fsp3) is 0.333. The van der Waals surface area contributed by atoms with Crippen LogP contribution in [0.15, 0.2) is 24.4 Å². The second-order valence-electron chi connectivity index (χ2n) is 4.49. The molecular weight excluding hydrogens is 288 g/mol. The lowest BCUT2D eigenvalue weighted by atomic mass is 10.2. The van der Waals surface area contributed by atoms with Crippen molar-refractivity contribution < 1.29 is 14.3 Å². The largest absolute Gasteiger partial charge is 0.462 e. The molecule has 6 heteroatoms. The summed E-state index contributed by atoms with van der Waals surface area (Å²) in [6, 6.07) is 5.31. The van der Waals surface area contributed by atoms with E-state index in [1.165, 1.54) is 11.3 Å². The summed E-state index contributed by atoms with van der Waals surface area (Å²) < 4.78 is 6.76. The first-order chi connectivity index (χ1) is 10.1. The van der Waals surface area contributed by atoms with E-state index in [0.717, 1.165) is 11.3 Å². The van der Waals surface area contributed by atoms with Crippen LogP contribution in [0.3, 0.4) is 0 Å². The Bertz CT molecular complexity index is 658. The van der Waals surface area contributed by atoms with E-state index in [-0.39, 0.29) is 5.91 Å². The zero-order chi connectivity index (χ0) is 15.4. The van der Waals surface area contributed by atoms with Gasteiger partial charge in [0, 0.05) is 18.1 Å². The Morgan fingerprint density at radius 1 is 1.38 bits per heavy atom. The first kappa shape index (κ1) is 15.3. The number of hydrogen-bond acceptors (Lipinski definition) is 4. The molecule has 0 aliphatic heterocycles. The Balaban J connectivity index is 2.26. The molecule has 0 aromatic carbocycles. The molecule has 0 unspecified atom stereocenters. The Morgan fingerprint density at radius 3 is 2.71 bits per heavy atom. The van der Waals surface area contributed by atoms with Crippen molar-refractivity contribution in [1.82, 2.24) is 4.57 Å². The number of carbonyl (C=O) groups excluding carboxylic acids is 2. The van der Waals surface area contributed by atoms with Gasteiger partial charge in [-0.1, -0.05) is 6.92 Å². The average Bonchev–Trinajstić information content (AvgIpc) is 3.05. The van der Waals surface area contributed by atoms with Gasteiger partial charge in [0.1, 0.15) is 10.7 Å². The van der Waals surface area contributed by atoms with Crippen LogP contribution in [0.5, 0.6) is 0 Å². The number of aromatic nitrogens is 1. The van der Waals surface area contributed by atoms with Gasteiger partial charge in [-0.15, -0.1) is 11.3 Å². The van der Waals surface area contributed by atoms with Gasteiger partial charge < -0.3 is 14.6 Å². The number of rotatable bonds is 5. The summed E-state index contributed by atoms with van der Waals surface area (Å²) in [5.74, 6) is -0.645. The lowest BCUT2D eigenvalue weighted by molar-refractivity contribution is 0.0528. The summed E-state index contributed by atoms with van der Waals surface area (Å²) in [5, 5.41) is 3.34. The first-order valence-electron chi connectivity index (χ1n) is 6.79. The molecule has 0 fully saturated rings. The van der Waals surface area contributed by atoms with Gasteiger partial charge in [-0.2, -0.15) is 0 Å². The number of ether oxygens (including phenoxy) is 1. The van der Waals surface area contributed by atoms with Crippen LogP contribution in [0.2, 0.25) is 0 Å². The SMILES string of the molecule is CCOC(=O)c1cc(CC)sc1NC(=O)c1cccn1C. The number of thiophene rings is 1. The van der Waals surface area contributed by atoms with Gasteiger partial charge in [-0.25, -0.2) is 4.79 Å². The average molecular weight is 306 g/mol. The third-order valence-corrected chi connectivity index (χ3v) is 4.23. The molecule has 2 aromatic rings. The third-order valence-electron chi connectivity index (χ3n) is 3.03. The van der Waals surface area contributed by atoms with Crippen LogP contribution in [0.4, 0.5) is 5.00 Å². The zero-order valence-electron chi connectivity index (χ0n) is 12.3. The number of esters is 1. The van der Waals surface area contributed by atoms with Crippen LogP contribution in [-0.2, 0) is 18.2 Å². The van der Waals surface area contributed by atoms with Crippen molar-refractivity contribution in [2.45, 2.75) is 20.3 Å². The topological polar surface area (TPSA) is 60.3 Å². The third kappa shape index (κ3) is 3.33. The Hall–Kier alpha value is -2.08. The van der Waals surface area contributed by atoms with Crippen LogP contribution in [0.25, 0.3) is 0 Å². The van der Waals surface area contributed by atoms with E-state index in [4.69, 9.17) is 4.74 Å². The molecule has 2 aromatic heterocycles. The minimum Gasteiger partial charge on any atom is -0.462 e. The fourth-order valence-electron chi connectivity index (χ4n) is 1.93. The quantitative estimate of drug-likeness (QED) is 0.864. The Labute approximate surface area is 127 Å². The zero-order valence-corrected chi connectivity index (χ0v) is 13.1. The number of nitrogens with zero attached hydrogens (tertiary/aromatic N) is 1. The summed E-state index contributed by atoms with van der Waals surface area (Å²) in [6.07, 6.45) is 2.60. The summed E-state index contributed by atoms with van der Waals surface area (Å²) in [7, 11) is 1.80. The van der Waals surface area contributed by atoms with Gasteiger partial charge in [-0.3, -0.25) is 4.79 Å². The summed E-state index contributed by atoms with van der Waals surface area (Å²) in [6.45, 7) is 4.07. The first-order valence-corrected chi connectivity index (χ1v) is 7.61. The van der Waals surface area contributed by atoms with Crippen LogP contribution >= 0.6 is 11.3 Å². The van der Waals surface area contributed by atoms with Crippen molar-refractivity contribution in [2.24, 2.45) is 7.05 Å². The highest BCUT2D eigenvalue weighted by Crippen LogP contribution is 2.29. The van der Waals surface area contributed by atoms with Gasteiger partial charge >= 0.3 is 5.97 Å². The summed E-state index contributed by atoms with van der Waals surface area (Å²) in [4.78, 5) is 25.2. The van der Waals surface area contributed by atoms with Crippen LogP contribution < -0.4 is 5.32 Å². The van der Waals surface area contributed by atoms with Gasteiger partial charge in [0.05, 0.1) is 12.2 Å². The number of anilines is 1. The van der Waals surface area contributed by atoms with E-state index in [9.17, 15) is 9.59 Å². The number of nitrogens with one attached hydrogen (secondary N) is 1. The minimum absolute atomic E-state index is 0.238. The highest BCUT2D eigenvalue weighted by Gasteiger charge is 2.19. The predicted molar refractivity (Wildman–Crippen MR) is 83.0 cm³/mol. The number of hydrogen-bond donors (Lipinski definition) is 1. The van der Waals surface area contributed by atoms with Crippen molar-refractivity contribution in [3.8, 4) is 0 Å². The molecule has 0 spiro atoms. The maximum Gasteiger partial charge on any atom is 0.341 e. The molecule has 5 nitrogen and oxygen atoms in total. The summed E-state index contributed by atoms with van der Waals surface area (Å²) >= 11 is 1.40. The van der Waals surface area contributed by atoms with Gasteiger partial charge in [0.2, 0.25) is 0 Å². The molecular formula is C15H18N2O3S. The minimum atomic E-state index is -0.407. The lowest BCUT2D eigenvalue weighted by Gasteiger charge is -2.06. The summed E-state index contributed by atoms with van der Waals surface area (Å²) in [5.41, 5.74) is 0.956. The normalized spacial score (nSPS) is 10.4. The van der Waals surface area contributed by atoms with E-state index in [1.54, 1.807) is 42.9 Å². The molecule has 2 rings (SSSR count). The number of carbonyl (C=O) groups is 2. The second kappa shape index (κ2) is 6.58. The molecule has 21 heavy (non-hydrogen) atoms. The van der Waals surface area contributed by atoms with Crippen molar-refractivity contribution >= 4 is 28.2 Å². The molecule has 0 radical (unpaired) electrons. The van der Waals surface area contributed by atoms with Crippen LogP contribution in [-0.4, -0.2) is 23.1 Å². The number of aryl methyl sites for hydroxylation is 2. The smallest absolute Gasteiger partial charge is 0.341 e. The maximum absolute atomic E-state index is 12.2. The predicted octanol–water partition coefficient (Wildman–Crippen LogP) is 3.08. The molecule has 0 saturated heterocycles. The maximum atomic E-state index is 12.2. The van der Waals surface area contributed by atoms with Crippen molar-refractivity contribution in [3.63, 3.8) is 0 Å². The van der Waals surface area contributed by atoms with E-state index in [0.29, 0.717) is 22.9 Å². The Kier molecular flexibility index (Phi) is 4.80. The highest BCUT2D eigenvalue weighted by atomic mass is 32.1. The van der Waals surface area contributed by atoms with Crippen LogP contribution in [0.1, 0.15) is 39.6 Å². The standard InChI is InChI=1S/C15H18N2O3S/c1-4-10-9-11(15(19)20-5-2)14(21-10)16-13(18)12-7-6-8-17(12)3/h6-9H,4-5H2,1-3H3,(H,16,18). The molecule has 0 saturated carbocycles. The molecule has 0 bridgehead atoms.